The van der Waals surface area contributed by atoms with Crippen LogP contribution in [0.5, 0.6) is 0 Å². The first-order valence-electron chi connectivity index (χ1n) is 9.27. The number of nitrogens with zero attached hydrogens (tertiary/aromatic N) is 3. The Morgan fingerprint density at radius 3 is 2.55 bits per heavy atom. The summed E-state index contributed by atoms with van der Waals surface area (Å²) >= 11 is 0. The highest BCUT2D eigenvalue weighted by Gasteiger charge is 2.35. The lowest BCUT2D eigenvalue weighted by atomic mass is 9.97. The molecule has 3 rings (SSSR count). The number of anilines is 1. The second-order valence-corrected chi connectivity index (χ2v) is 7.23. The summed E-state index contributed by atoms with van der Waals surface area (Å²) in [4.78, 5) is 31.5. The van der Waals surface area contributed by atoms with E-state index >= 15 is 0 Å². The number of alkyl halides is 3. The molecule has 0 saturated heterocycles. The number of rotatable bonds is 6. The van der Waals surface area contributed by atoms with Crippen LogP contribution in [0.3, 0.4) is 0 Å². The van der Waals surface area contributed by atoms with Crippen molar-refractivity contribution in [1.82, 2.24) is 14.5 Å². The number of carboxylic acids is 1. The summed E-state index contributed by atoms with van der Waals surface area (Å²) in [5, 5.41) is 11.7. The Kier molecular flexibility index (Phi) is 5.90. The number of hydrogen-bond donors (Lipinski definition) is 2. The van der Waals surface area contributed by atoms with Crippen LogP contribution in [0.4, 0.5) is 19.0 Å². The molecule has 7 nitrogen and oxygen atoms in total. The highest BCUT2D eigenvalue weighted by molar-refractivity contribution is 5.94. The van der Waals surface area contributed by atoms with Crippen molar-refractivity contribution < 1.29 is 27.9 Å². The van der Waals surface area contributed by atoms with E-state index in [-0.39, 0.29) is 23.0 Å². The molecule has 2 aromatic heterocycles. The number of halogens is 3. The van der Waals surface area contributed by atoms with Crippen molar-refractivity contribution in [3.05, 3.63) is 41.6 Å². The molecule has 1 amide bonds. The highest BCUT2D eigenvalue weighted by Crippen LogP contribution is 2.34. The summed E-state index contributed by atoms with van der Waals surface area (Å²) < 4.78 is 40.0. The molecule has 0 aliphatic heterocycles. The van der Waals surface area contributed by atoms with Gasteiger partial charge in [-0.3, -0.25) is 4.79 Å². The first-order chi connectivity index (χ1) is 13.6. The SMILES string of the molecule is Cc1nc(NC(=O)[C@H](CC2CCCC2)n2cnc(C(F)(F)F)c2)ccc1C(=O)O. The van der Waals surface area contributed by atoms with Crippen LogP contribution in [0.1, 0.15) is 59.9 Å². The smallest absolute Gasteiger partial charge is 0.434 e. The molecule has 0 spiro atoms. The second-order valence-electron chi connectivity index (χ2n) is 7.23. The lowest BCUT2D eigenvalue weighted by molar-refractivity contribution is -0.141. The Hall–Kier alpha value is -2.91. The van der Waals surface area contributed by atoms with Crippen molar-refractivity contribution in [2.45, 2.75) is 51.2 Å². The number of aryl methyl sites for hydroxylation is 1. The Morgan fingerprint density at radius 2 is 2.00 bits per heavy atom. The Balaban J connectivity index is 1.83. The average Bonchev–Trinajstić information content (AvgIpc) is 3.30. The fourth-order valence-electron chi connectivity index (χ4n) is 3.65. The van der Waals surface area contributed by atoms with Crippen LogP contribution in [0, 0.1) is 12.8 Å². The molecule has 2 N–H and O–H groups in total. The van der Waals surface area contributed by atoms with Crippen LogP contribution in [-0.2, 0) is 11.0 Å². The third-order valence-electron chi connectivity index (χ3n) is 5.15. The third-order valence-corrected chi connectivity index (χ3v) is 5.15. The molecule has 1 atom stereocenters. The van der Waals surface area contributed by atoms with Gasteiger partial charge in [-0.25, -0.2) is 14.8 Å². The minimum absolute atomic E-state index is 0.00920. The molecular formula is C19H21F3N4O3. The molecule has 0 radical (unpaired) electrons. The van der Waals surface area contributed by atoms with Gasteiger partial charge in [-0.2, -0.15) is 13.2 Å². The second kappa shape index (κ2) is 8.22. The highest BCUT2D eigenvalue weighted by atomic mass is 19.4. The van der Waals surface area contributed by atoms with Gasteiger partial charge < -0.3 is 15.0 Å². The molecule has 156 valence electrons. The summed E-state index contributed by atoms with van der Waals surface area (Å²) in [7, 11) is 0. The summed E-state index contributed by atoms with van der Waals surface area (Å²) in [5.74, 6) is -1.26. The predicted molar refractivity (Wildman–Crippen MR) is 97.4 cm³/mol. The fraction of sp³-hybridized carbons (Fsp3) is 0.474. The number of nitrogens with one attached hydrogen (secondary N) is 1. The number of pyridine rings is 1. The first-order valence-corrected chi connectivity index (χ1v) is 9.27. The number of hydrogen-bond acceptors (Lipinski definition) is 4. The van der Waals surface area contributed by atoms with Gasteiger partial charge in [-0.05, 0) is 31.4 Å². The standard InChI is InChI=1S/C19H21F3N4O3/c1-11-13(18(28)29)6-7-16(24-11)25-17(27)14(8-12-4-2-3-5-12)26-9-15(23-10-26)19(20,21)22/h6-7,9-10,12,14H,2-5,8H2,1H3,(H,28,29)(H,24,25,27)/t14-/m0/s1. The predicted octanol–water partition coefficient (Wildman–Crippen LogP) is 4.06. The minimum atomic E-state index is -4.59. The average molecular weight is 410 g/mol. The zero-order chi connectivity index (χ0) is 21.2. The summed E-state index contributed by atoms with van der Waals surface area (Å²) in [5.41, 5.74) is -0.818. The largest absolute Gasteiger partial charge is 0.478 e. The van der Waals surface area contributed by atoms with Gasteiger partial charge in [-0.15, -0.1) is 0 Å². The number of imidazole rings is 1. The van der Waals surface area contributed by atoms with E-state index in [0.717, 1.165) is 38.2 Å². The summed E-state index contributed by atoms with van der Waals surface area (Å²) in [6.45, 7) is 1.50. The van der Waals surface area contributed by atoms with Crippen LogP contribution >= 0.6 is 0 Å². The fourth-order valence-corrected chi connectivity index (χ4v) is 3.65. The maximum atomic E-state index is 12.9. The van der Waals surface area contributed by atoms with Crippen molar-refractivity contribution in [1.29, 1.82) is 0 Å². The van der Waals surface area contributed by atoms with E-state index < -0.39 is 29.8 Å². The number of carbonyl (C=O) groups is 2. The Labute approximate surface area is 165 Å². The van der Waals surface area contributed by atoms with Crippen molar-refractivity contribution in [2.24, 2.45) is 5.92 Å². The zero-order valence-corrected chi connectivity index (χ0v) is 15.7. The normalized spacial score (nSPS) is 16.0. The molecular weight excluding hydrogens is 389 g/mol. The number of carboxylic acid groups (broad SMARTS) is 1. The van der Waals surface area contributed by atoms with Gasteiger partial charge in [0.1, 0.15) is 11.9 Å². The molecule has 1 fully saturated rings. The van der Waals surface area contributed by atoms with Gasteiger partial charge in [0.25, 0.3) is 0 Å². The topological polar surface area (TPSA) is 97.1 Å². The molecule has 10 heteroatoms. The van der Waals surface area contributed by atoms with Crippen molar-refractivity contribution in [2.75, 3.05) is 5.32 Å². The van der Waals surface area contributed by atoms with E-state index in [1.54, 1.807) is 0 Å². The van der Waals surface area contributed by atoms with Gasteiger partial charge in [0.2, 0.25) is 5.91 Å². The molecule has 2 heterocycles. The maximum Gasteiger partial charge on any atom is 0.434 e. The van der Waals surface area contributed by atoms with Crippen LogP contribution in [0.15, 0.2) is 24.7 Å². The van der Waals surface area contributed by atoms with Crippen LogP contribution < -0.4 is 5.32 Å². The van der Waals surface area contributed by atoms with Crippen LogP contribution in [-0.4, -0.2) is 31.5 Å². The van der Waals surface area contributed by atoms with Crippen molar-refractivity contribution in [3.63, 3.8) is 0 Å². The monoisotopic (exact) mass is 410 g/mol. The van der Waals surface area contributed by atoms with E-state index in [1.165, 1.54) is 23.6 Å². The number of amides is 1. The molecule has 1 saturated carbocycles. The van der Waals surface area contributed by atoms with Crippen LogP contribution in [0.25, 0.3) is 0 Å². The van der Waals surface area contributed by atoms with Crippen molar-refractivity contribution >= 4 is 17.7 Å². The zero-order valence-electron chi connectivity index (χ0n) is 15.7. The summed E-state index contributed by atoms with van der Waals surface area (Å²) in [6, 6.07) is 1.81. The number of aromatic nitrogens is 3. The summed E-state index contributed by atoms with van der Waals surface area (Å²) in [6.07, 6.45) is 1.59. The molecule has 0 aromatic carbocycles. The molecule has 0 unspecified atom stereocenters. The maximum absolute atomic E-state index is 12.9. The van der Waals surface area contributed by atoms with Crippen LogP contribution in [0.2, 0.25) is 0 Å². The lowest BCUT2D eigenvalue weighted by Gasteiger charge is -2.21. The van der Waals surface area contributed by atoms with E-state index in [9.17, 15) is 22.8 Å². The van der Waals surface area contributed by atoms with E-state index in [1.807, 2.05) is 0 Å². The number of carbonyl (C=O) groups excluding carboxylic acids is 1. The first kappa shape index (κ1) is 20.8. The molecule has 1 aliphatic carbocycles. The van der Waals surface area contributed by atoms with E-state index in [4.69, 9.17) is 5.11 Å². The van der Waals surface area contributed by atoms with Gasteiger partial charge in [-0.1, -0.05) is 25.7 Å². The third kappa shape index (κ3) is 4.93. The van der Waals surface area contributed by atoms with Gasteiger partial charge in [0.15, 0.2) is 5.69 Å². The molecule has 0 bridgehead atoms. The lowest BCUT2D eigenvalue weighted by Crippen LogP contribution is -2.27. The molecule has 29 heavy (non-hydrogen) atoms. The van der Waals surface area contributed by atoms with E-state index in [0.29, 0.717) is 6.42 Å². The quantitative estimate of drug-likeness (QED) is 0.748. The van der Waals surface area contributed by atoms with E-state index in [2.05, 4.69) is 15.3 Å². The van der Waals surface area contributed by atoms with Gasteiger partial charge in [0.05, 0.1) is 17.6 Å². The Morgan fingerprint density at radius 1 is 1.31 bits per heavy atom. The van der Waals surface area contributed by atoms with Gasteiger partial charge >= 0.3 is 12.1 Å². The minimum Gasteiger partial charge on any atom is -0.478 e. The van der Waals surface area contributed by atoms with Crippen molar-refractivity contribution in [3.8, 4) is 0 Å². The van der Waals surface area contributed by atoms with Gasteiger partial charge in [0, 0.05) is 6.20 Å². The Bertz CT molecular complexity index is 904. The molecule has 1 aliphatic rings. The number of aromatic carboxylic acids is 1. The molecule has 2 aromatic rings.